The molecule has 4 aromatic rings. The Labute approximate surface area is 193 Å². The normalized spacial score (nSPS) is 10.7. The second-order valence-electron chi connectivity index (χ2n) is 7.76. The predicted octanol–water partition coefficient (Wildman–Crippen LogP) is 5.24. The van der Waals surface area contributed by atoms with Crippen LogP contribution in [-0.2, 0) is 17.8 Å². The lowest BCUT2D eigenvalue weighted by atomic mass is 10.1. The van der Waals surface area contributed by atoms with Crippen LogP contribution in [0.3, 0.4) is 0 Å². The minimum absolute atomic E-state index is 0.412. The Hall–Kier alpha value is -4.06. The third kappa shape index (κ3) is 5.23. The molecule has 0 unspecified atom stereocenters. The molecular weight excluding hydrogens is 416 g/mol. The maximum atomic E-state index is 11.1. The van der Waals surface area contributed by atoms with Gasteiger partial charge >= 0.3 is 5.97 Å². The number of benzene rings is 3. The molecule has 0 bridgehead atoms. The molecule has 6 nitrogen and oxygen atoms in total. The third-order valence-corrected chi connectivity index (χ3v) is 5.38. The van der Waals surface area contributed by atoms with Gasteiger partial charge in [-0.2, -0.15) is 5.10 Å². The summed E-state index contributed by atoms with van der Waals surface area (Å²) in [4.78, 5) is 11.1. The molecular formula is C27H26N2O4. The molecule has 0 atom stereocenters. The quantitative estimate of drug-likeness (QED) is 0.384. The number of rotatable bonds is 9. The summed E-state index contributed by atoms with van der Waals surface area (Å²) in [6, 6.07) is 25.8. The van der Waals surface area contributed by atoms with Crippen LogP contribution in [0.5, 0.6) is 11.5 Å². The molecule has 0 aliphatic rings. The Balaban J connectivity index is 1.77. The minimum atomic E-state index is -1.02. The number of aromatic nitrogens is 2. The maximum absolute atomic E-state index is 11.1. The zero-order valence-corrected chi connectivity index (χ0v) is 18.7. The molecule has 0 saturated heterocycles. The fraction of sp³-hybridized carbons (Fsp3) is 0.185. The molecule has 0 amide bonds. The van der Waals surface area contributed by atoms with Crippen LogP contribution in [0.25, 0.3) is 22.5 Å². The second kappa shape index (κ2) is 10.0. The first-order valence-corrected chi connectivity index (χ1v) is 10.8. The van der Waals surface area contributed by atoms with E-state index in [1.54, 1.807) is 7.11 Å². The van der Waals surface area contributed by atoms with E-state index in [9.17, 15) is 4.79 Å². The Morgan fingerprint density at radius 2 is 1.70 bits per heavy atom. The summed E-state index contributed by atoms with van der Waals surface area (Å²) in [5, 5.41) is 14.0. The van der Waals surface area contributed by atoms with Crippen molar-refractivity contribution in [3.63, 3.8) is 0 Å². The van der Waals surface area contributed by atoms with E-state index in [4.69, 9.17) is 19.7 Å². The number of hydrogen-bond acceptors (Lipinski definition) is 4. The van der Waals surface area contributed by atoms with Crippen LogP contribution in [0, 0.1) is 6.92 Å². The summed E-state index contributed by atoms with van der Waals surface area (Å²) >= 11 is 0. The largest absolute Gasteiger partial charge is 0.496 e. The summed E-state index contributed by atoms with van der Waals surface area (Å²) < 4.78 is 13.2. The Morgan fingerprint density at radius 3 is 2.45 bits per heavy atom. The third-order valence-electron chi connectivity index (χ3n) is 5.38. The van der Waals surface area contributed by atoms with Crippen molar-refractivity contribution in [3.8, 4) is 34.0 Å². The van der Waals surface area contributed by atoms with Crippen molar-refractivity contribution < 1.29 is 19.4 Å². The number of aliphatic carboxylic acids is 1. The zero-order valence-electron chi connectivity index (χ0n) is 18.7. The number of hydrogen-bond donors (Lipinski definition) is 1. The lowest BCUT2D eigenvalue weighted by Gasteiger charge is -2.11. The molecule has 0 aliphatic carbocycles. The van der Waals surface area contributed by atoms with Crippen molar-refractivity contribution in [1.82, 2.24) is 9.78 Å². The van der Waals surface area contributed by atoms with E-state index in [1.807, 2.05) is 78.3 Å². The van der Waals surface area contributed by atoms with Crippen LogP contribution >= 0.6 is 0 Å². The van der Waals surface area contributed by atoms with E-state index in [-0.39, 0.29) is 0 Å². The highest BCUT2D eigenvalue weighted by molar-refractivity contribution is 5.76. The van der Waals surface area contributed by atoms with E-state index in [2.05, 4.69) is 12.1 Å². The number of nitrogens with zero attached hydrogens (tertiary/aromatic N) is 2. The van der Waals surface area contributed by atoms with Crippen molar-refractivity contribution in [2.24, 2.45) is 0 Å². The number of para-hydroxylation sites is 1. The number of carboxylic acids is 1. The molecule has 0 saturated carbocycles. The van der Waals surface area contributed by atoms with Gasteiger partial charge in [0.05, 0.1) is 18.5 Å². The summed E-state index contributed by atoms with van der Waals surface area (Å²) in [6.07, 6.45) is 0.820. The molecule has 168 valence electrons. The molecule has 0 spiro atoms. The van der Waals surface area contributed by atoms with Gasteiger partial charge in [-0.25, -0.2) is 4.79 Å². The van der Waals surface area contributed by atoms with Crippen LogP contribution in [-0.4, -0.2) is 34.6 Å². The summed E-state index contributed by atoms with van der Waals surface area (Å²) in [5.41, 5.74) is 5.52. The number of ether oxygens (including phenoxy) is 2. The number of carboxylic acid groups (broad SMARTS) is 1. The van der Waals surface area contributed by atoms with E-state index < -0.39 is 12.6 Å². The van der Waals surface area contributed by atoms with E-state index >= 15 is 0 Å². The molecule has 0 aliphatic heterocycles. The van der Waals surface area contributed by atoms with Crippen LogP contribution in [0.4, 0.5) is 0 Å². The predicted molar refractivity (Wildman–Crippen MR) is 128 cm³/mol. The van der Waals surface area contributed by atoms with E-state index in [1.165, 1.54) is 5.56 Å². The average molecular weight is 443 g/mol. The van der Waals surface area contributed by atoms with Gasteiger partial charge in [0.15, 0.2) is 6.61 Å². The minimum Gasteiger partial charge on any atom is -0.496 e. The van der Waals surface area contributed by atoms with Gasteiger partial charge in [-0.3, -0.25) is 4.68 Å². The fourth-order valence-corrected chi connectivity index (χ4v) is 3.77. The standard InChI is InChI=1S/C27H26N2O4/c1-19-12-13-21(26(16-19)33-18-27(30)31)23-17-24(22-10-6-7-11-25(22)32-2)29(28-23)15-14-20-8-4-3-5-9-20/h3-13,16-17H,14-15,18H2,1-2H3,(H,30,31). The first-order chi connectivity index (χ1) is 16.0. The van der Waals surface area contributed by atoms with Gasteiger partial charge < -0.3 is 14.6 Å². The highest BCUT2D eigenvalue weighted by Crippen LogP contribution is 2.36. The van der Waals surface area contributed by atoms with Crippen LogP contribution in [0.2, 0.25) is 0 Å². The lowest BCUT2D eigenvalue weighted by molar-refractivity contribution is -0.139. The molecule has 4 rings (SSSR count). The number of carbonyl (C=O) groups is 1. The van der Waals surface area contributed by atoms with Crippen molar-refractivity contribution in [3.05, 3.63) is 90.0 Å². The van der Waals surface area contributed by atoms with Crippen LogP contribution in [0.15, 0.2) is 78.9 Å². The van der Waals surface area contributed by atoms with Crippen molar-refractivity contribution >= 4 is 5.97 Å². The van der Waals surface area contributed by atoms with Crippen molar-refractivity contribution in [2.45, 2.75) is 19.9 Å². The van der Waals surface area contributed by atoms with Gasteiger partial charge in [-0.15, -0.1) is 0 Å². The fourth-order valence-electron chi connectivity index (χ4n) is 3.77. The summed E-state index contributed by atoms with van der Waals surface area (Å²) in [7, 11) is 1.66. The van der Waals surface area contributed by atoms with Crippen LogP contribution < -0.4 is 9.47 Å². The monoisotopic (exact) mass is 442 g/mol. The van der Waals surface area contributed by atoms with Gasteiger partial charge in [-0.05, 0) is 54.8 Å². The number of aryl methyl sites for hydroxylation is 3. The van der Waals surface area contributed by atoms with Crippen molar-refractivity contribution in [2.75, 3.05) is 13.7 Å². The van der Waals surface area contributed by atoms with E-state index in [0.29, 0.717) is 18.0 Å². The Morgan fingerprint density at radius 1 is 0.939 bits per heavy atom. The first-order valence-electron chi connectivity index (χ1n) is 10.8. The topological polar surface area (TPSA) is 73.6 Å². The van der Waals surface area contributed by atoms with Gasteiger partial charge in [0.25, 0.3) is 0 Å². The highest BCUT2D eigenvalue weighted by atomic mass is 16.5. The van der Waals surface area contributed by atoms with Crippen LogP contribution in [0.1, 0.15) is 11.1 Å². The van der Waals surface area contributed by atoms with Crippen molar-refractivity contribution in [1.29, 1.82) is 0 Å². The smallest absolute Gasteiger partial charge is 0.341 e. The van der Waals surface area contributed by atoms with Gasteiger partial charge in [0, 0.05) is 17.7 Å². The number of methoxy groups -OCH3 is 1. The highest BCUT2D eigenvalue weighted by Gasteiger charge is 2.18. The molecule has 3 aromatic carbocycles. The molecule has 6 heteroatoms. The maximum Gasteiger partial charge on any atom is 0.341 e. The Kier molecular flexibility index (Phi) is 6.74. The van der Waals surface area contributed by atoms with Gasteiger partial charge in [0.1, 0.15) is 11.5 Å². The SMILES string of the molecule is COc1ccccc1-c1cc(-c2ccc(C)cc2OCC(=O)O)nn1CCc1ccccc1. The van der Waals surface area contributed by atoms with Gasteiger partial charge in [0.2, 0.25) is 0 Å². The lowest BCUT2D eigenvalue weighted by Crippen LogP contribution is -2.10. The molecule has 1 N–H and O–H groups in total. The molecule has 1 heterocycles. The average Bonchev–Trinajstić information content (AvgIpc) is 3.25. The summed E-state index contributed by atoms with van der Waals surface area (Å²) in [6.45, 7) is 2.20. The first kappa shape index (κ1) is 22.1. The Bertz CT molecular complexity index is 1250. The molecule has 33 heavy (non-hydrogen) atoms. The zero-order chi connectivity index (χ0) is 23.2. The molecule has 0 fully saturated rings. The second-order valence-corrected chi connectivity index (χ2v) is 7.76. The summed E-state index contributed by atoms with van der Waals surface area (Å²) in [5.74, 6) is 0.235. The molecule has 1 aromatic heterocycles. The van der Waals surface area contributed by atoms with Gasteiger partial charge in [-0.1, -0.05) is 48.5 Å². The van der Waals surface area contributed by atoms with E-state index in [0.717, 1.165) is 34.6 Å². The molecule has 0 radical (unpaired) electrons.